The molecule has 0 spiro atoms. The standard InChI is InChI=1S/C10H12FN3O5S/c1-5-4-8(11)9(14(16)17)6(2)10(5)20(18,19)13-12-7(3)15/h4,13H,1-3H3,(H,12,15). The fourth-order valence-electron chi connectivity index (χ4n) is 1.73. The third-order valence-electron chi connectivity index (χ3n) is 2.44. The molecule has 0 radical (unpaired) electrons. The highest BCUT2D eigenvalue weighted by Gasteiger charge is 2.29. The van der Waals surface area contributed by atoms with E-state index in [0.717, 1.165) is 19.9 Å². The van der Waals surface area contributed by atoms with Crippen LogP contribution in [0, 0.1) is 29.8 Å². The van der Waals surface area contributed by atoms with Gasteiger partial charge in [-0.1, -0.05) is 0 Å². The molecule has 1 rings (SSSR count). The summed E-state index contributed by atoms with van der Waals surface area (Å²) < 4.78 is 37.5. The van der Waals surface area contributed by atoms with Crippen molar-refractivity contribution in [2.24, 2.45) is 0 Å². The second kappa shape index (κ2) is 5.51. The predicted molar refractivity (Wildman–Crippen MR) is 66.7 cm³/mol. The molecule has 20 heavy (non-hydrogen) atoms. The number of nitrogens with zero attached hydrogens (tertiary/aromatic N) is 1. The molecule has 1 aromatic rings. The Morgan fingerprint density at radius 3 is 2.40 bits per heavy atom. The van der Waals surface area contributed by atoms with Gasteiger partial charge in [-0.25, -0.2) is 8.42 Å². The molecule has 0 bridgehead atoms. The van der Waals surface area contributed by atoms with E-state index < -0.39 is 37.3 Å². The summed E-state index contributed by atoms with van der Waals surface area (Å²) >= 11 is 0. The van der Waals surface area contributed by atoms with E-state index in [1.54, 1.807) is 4.83 Å². The van der Waals surface area contributed by atoms with Crippen molar-refractivity contribution in [1.29, 1.82) is 0 Å². The molecule has 10 heteroatoms. The van der Waals surface area contributed by atoms with Gasteiger partial charge in [0.25, 0.3) is 10.0 Å². The Labute approximate surface area is 114 Å². The van der Waals surface area contributed by atoms with Crippen molar-refractivity contribution in [2.75, 3.05) is 0 Å². The van der Waals surface area contributed by atoms with E-state index in [9.17, 15) is 27.7 Å². The molecule has 0 aliphatic carbocycles. The van der Waals surface area contributed by atoms with Crippen LogP contribution in [-0.2, 0) is 14.8 Å². The van der Waals surface area contributed by atoms with Crippen molar-refractivity contribution in [2.45, 2.75) is 25.7 Å². The van der Waals surface area contributed by atoms with Gasteiger partial charge in [0.05, 0.1) is 15.4 Å². The van der Waals surface area contributed by atoms with Crippen LogP contribution in [0.3, 0.4) is 0 Å². The average Bonchev–Trinajstić information content (AvgIpc) is 2.24. The highest BCUT2D eigenvalue weighted by molar-refractivity contribution is 7.89. The summed E-state index contributed by atoms with van der Waals surface area (Å²) in [5.41, 5.74) is 0.591. The van der Waals surface area contributed by atoms with Crippen LogP contribution < -0.4 is 10.3 Å². The maximum atomic E-state index is 13.5. The van der Waals surface area contributed by atoms with Crippen LogP contribution in [0.5, 0.6) is 0 Å². The molecule has 0 atom stereocenters. The Hall–Kier alpha value is -2.07. The normalized spacial score (nSPS) is 11.2. The van der Waals surface area contributed by atoms with E-state index in [-0.39, 0.29) is 11.1 Å². The van der Waals surface area contributed by atoms with E-state index in [1.165, 1.54) is 6.92 Å². The molecule has 0 heterocycles. The molecule has 0 fully saturated rings. The summed E-state index contributed by atoms with van der Waals surface area (Å²) in [5, 5.41) is 10.8. The quantitative estimate of drug-likeness (QED) is 0.626. The molecular weight excluding hydrogens is 293 g/mol. The molecular formula is C10H12FN3O5S. The Balaban J connectivity index is 3.49. The number of carbonyl (C=O) groups excluding carboxylic acids is 1. The summed E-state index contributed by atoms with van der Waals surface area (Å²) in [6.45, 7) is 3.49. The summed E-state index contributed by atoms with van der Waals surface area (Å²) in [6, 6.07) is 0.757. The van der Waals surface area contributed by atoms with Crippen LogP contribution in [0.25, 0.3) is 0 Å². The second-order valence-corrected chi connectivity index (χ2v) is 5.64. The summed E-state index contributed by atoms with van der Waals surface area (Å²) in [7, 11) is -4.24. The van der Waals surface area contributed by atoms with Crippen LogP contribution in [0.4, 0.5) is 10.1 Å². The van der Waals surface area contributed by atoms with Crippen molar-refractivity contribution in [3.05, 3.63) is 33.1 Å². The fraction of sp³-hybridized carbons (Fsp3) is 0.300. The van der Waals surface area contributed by atoms with Crippen LogP contribution in [-0.4, -0.2) is 19.2 Å². The summed E-state index contributed by atoms with van der Waals surface area (Å²) in [5.74, 6) is -1.79. The molecule has 2 N–H and O–H groups in total. The fourth-order valence-corrected chi connectivity index (χ4v) is 3.10. The maximum Gasteiger partial charge on any atom is 0.309 e. The molecule has 8 nitrogen and oxygen atoms in total. The van der Waals surface area contributed by atoms with Gasteiger partial charge < -0.3 is 0 Å². The molecule has 0 aliphatic heterocycles. The Kier molecular flexibility index (Phi) is 4.40. The minimum atomic E-state index is -4.24. The lowest BCUT2D eigenvalue weighted by Gasteiger charge is -2.12. The maximum absolute atomic E-state index is 13.5. The monoisotopic (exact) mass is 305 g/mol. The van der Waals surface area contributed by atoms with Gasteiger partial charge in [0, 0.05) is 6.92 Å². The Bertz CT molecular complexity index is 687. The van der Waals surface area contributed by atoms with Crippen molar-refractivity contribution < 1.29 is 22.5 Å². The number of hydrazine groups is 1. The minimum absolute atomic E-state index is 0.0107. The zero-order valence-electron chi connectivity index (χ0n) is 10.9. The Morgan fingerprint density at radius 2 is 1.95 bits per heavy atom. The number of sulfonamides is 1. The number of hydrogen-bond acceptors (Lipinski definition) is 5. The third kappa shape index (κ3) is 3.08. The first-order chi connectivity index (χ1) is 9.08. The topological polar surface area (TPSA) is 118 Å². The van der Waals surface area contributed by atoms with Crippen molar-refractivity contribution >= 4 is 21.6 Å². The van der Waals surface area contributed by atoms with E-state index in [4.69, 9.17) is 0 Å². The molecule has 0 aromatic heterocycles. The number of nitro benzene ring substituents is 1. The molecule has 0 saturated heterocycles. The van der Waals surface area contributed by atoms with E-state index in [1.807, 2.05) is 5.43 Å². The Morgan fingerprint density at radius 1 is 1.40 bits per heavy atom. The first-order valence-electron chi connectivity index (χ1n) is 5.30. The molecule has 110 valence electrons. The van der Waals surface area contributed by atoms with Gasteiger partial charge in [-0.15, -0.1) is 4.83 Å². The summed E-state index contributed by atoms with van der Waals surface area (Å²) in [6.07, 6.45) is 0. The van der Waals surface area contributed by atoms with Crippen molar-refractivity contribution in [3.63, 3.8) is 0 Å². The van der Waals surface area contributed by atoms with Crippen molar-refractivity contribution in [1.82, 2.24) is 10.3 Å². The third-order valence-corrected chi connectivity index (χ3v) is 3.97. The smallest absolute Gasteiger partial charge is 0.278 e. The van der Waals surface area contributed by atoms with Gasteiger partial charge in [0.2, 0.25) is 11.7 Å². The molecule has 0 saturated carbocycles. The van der Waals surface area contributed by atoms with E-state index in [0.29, 0.717) is 0 Å². The lowest BCUT2D eigenvalue weighted by Crippen LogP contribution is -2.40. The second-order valence-electron chi connectivity index (χ2n) is 4.02. The first-order valence-corrected chi connectivity index (χ1v) is 6.78. The number of aryl methyl sites for hydroxylation is 1. The van der Waals surface area contributed by atoms with Crippen LogP contribution in [0.2, 0.25) is 0 Å². The molecule has 0 unspecified atom stereocenters. The van der Waals surface area contributed by atoms with Gasteiger partial charge in [-0.2, -0.15) is 4.39 Å². The first kappa shape index (κ1) is 16.0. The minimum Gasteiger partial charge on any atom is -0.278 e. The van der Waals surface area contributed by atoms with Crippen LogP contribution >= 0.6 is 0 Å². The SMILES string of the molecule is CC(=O)NNS(=O)(=O)c1c(C)cc(F)c([N+](=O)[O-])c1C. The lowest BCUT2D eigenvalue weighted by molar-refractivity contribution is -0.388. The van der Waals surface area contributed by atoms with Gasteiger partial charge >= 0.3 is 5.69 Å². The number of carbonyl (C=O) groups is 1. The van der Waals surface area contributed by atoms with Gasteiger partial charge in [-0.05, 0) is 25.5 Å². The summed E-state index contributed by atoms with van der Waals surface area (Å²) in [4.78, 5) is 21.8. The van der Waals surface area contributed by atoms with Gasteiger partial charge in [0.1, 0.15) is 0 Å². The number of amides is 1. The average molecular weight is 305 g/mol. The number of halogens is 1. The van der Waals surface area contributed by atoms with E-state index >= 15 is 0 Å². The van der Waals surface area contributed by atoms with E-state index in [2.05, 4.69) is 0 Å². The number of benzene rings is 1. The zero-order valence-corrected chi connectivity index (χ0v) is 11.7. The zero-order chi connectivity index (χ0) is 15.7. The molecule has 0 aliphatic rings. The predicted octanol–water partition coefficient (Wildman–Crippen LogP) is 0.680. The molecule has 1 aromatic carbocycles. The highest BCUT2D eigenvalue weighted by atomic mass is 32.2. The van der Waals surface area contributed by atoms with Crippen LogP contribution in [0.15, 0.2) is 11.0 Å². The van der Waals surface area contributed by atoms with Gasteiger partial charge in [-0.3, -0.25) is 20.3 Å². The number of rotatable bonds is 4. The number of hydrogen-bond donors (Lipinski definition) is 2. The largest absolute Gasteiger partial charge is 0.309 e. The number of nitro groups is 1. The molecule has 1 amide bonds. The van der Waals surface area contributed by atoms with Crippen LogP contribution in [0.1, 0.15) is 18.1 Å². The highest BCUT2D eigenvalue weighted by Crippen LogP contribution is 2.30. The number of nitrogens with one attached hydrogen (secondary N) is 2. The lowest BCUT2D eigenvalue weighted by atomic mass is 10.1. The van der Waals surface area contributed by atoms with Gasteiger partial charge in [0.15, 0.2) is 0 Å². The van der Waals surface area contributed by atoms with Crippen molar-refractivity contribution in [3.8, 4) is 0 Å².